The number of esters is 2. The van der Waals surface area contributed by atoms with Crippen LogP contribution in [-0.2, 0) is 61.7 Å². The number of aliphatic hydroxyl groups excluding tert-OH is 1. The minimum atomic E-state index is -2.14. The van der Waals surface area contributed by atoms with Gasteiger partial charge in [0.25, 0.3) is 0 Å². The first-order valence-corrected chi connectivity index (χ1v) is 26.5. The summed E-state index contributed by atoms with van der Waals surface area (Å²) in [6.45, 7) is 13.9. The highest BCUT2D eigenvalue weighted by atomic mass is 16.7. The van der Waals surface area contributed by atoms with Gasteiger partial charge in [0.2, 0.25) is 0 Å². The van der Waals surface area contributed by atoms with E-state index in [1.807, 2.05) is 51.1 Å². The summed E-state index contributed by atoms with van der Waals surface area (Å²) in [7, 11) is 4.77. The molecule has 6 fully saturated rings. The molecular formula is C56H82O18. The highest BCUT2D eigenvalue weighted by molar-refractivity contribution is 5.88. The Kier molecular flexibility index (Phi) is 16.9. The van der Waals surface area contributed by atoms with Crippen LogP contribution < -0.4 is 0 Å². The molecule has 7 aliphatic rings. The molecule has 3 saturated carbocycles. The molecule has 0 unspecified atom stereocenters. The van der Waals surface area contributed by atoms with E-state index in [1.165, 1.54) is 12.2 Å². The highest BCUT2D eigenvalue weighted by Crippen LogP contribution is 2.71. The molecule has 4 aliphatic carbocycles. The first-order valence-electron chi connectivity index (χ1n) is 26.5. The lowest BCUT2D eigenvalue weighted by Gasteiger charge is -2.68. The van der Waals surface area contributed by atoms with Gasteiger partial charge in [0, 0.05) is 70.0 Å². The zero-order valence-electron chi connectivity index (χ0n) is 44.9. The van der Waals surface area contributed by atoms with Crippen molar-refractivity contribution in [1.29, 1.82) is 0 Å². The Morgan fingerprint density at radius 1 is 0.757 bits per heavy atom. The summed E-state index contributed by atoms with van der Waals surface area (Å²) in [6, 6.07) is 9.21. The van der Waals surface area contributed by atoms with E-state index in [9.17, 15) is 35.1 Å². The molecule has 0 amide bonds. The monoisotopic (exact) mass is 1040 g/mol. The Morgan fingerprint density at radius 2 is 1.32 bits per heavy atom. The molecule has 5 N–H and O–H groups in total. The van der Waals surface area contributed by atoms with Gasteiger partial charge in [-0.25, -0.2) is 9.59 Å². The van der Waals surface area contributed by atoms with Crippen molar-refractivity contribution in [2.45, 2.75) is 228 Å². The quantitative estimate of drug-likeness (QED) is 0.0885. The van der Waals surface area contributed by atoms with Crippen molar-refractivity contribution >= 4 is 18.0 Å². The molecule has 0 aromatic heterocycles. The van der Waals surface area contributed by atoms with Crippen LogP contribution in [0.15, 0.2) is 60.2 Å². The van der Waals surface area contributed by atoms with Crippen LogP contribution in [0.3, 0.4) is 0 Å². The molecule has 0 bridgehead atoms. The molecule has 22 atom stereocenters. The van der Waals surface area contributed by atoms with E-state index < -0.39 is 143 Å². The third-order valence-electron chi connectivity index (χ3n) is 18.8. The van der Waals surface area contributed by atoms with Crippen LogP contribution in [0.5, 0.6) is 0 Å². The summed E-state index contributed by atoms with van der Waals surface area (Å²) in [5.74, 6) is -2.27. The van der Waals surface area contributed by atoms with Gasteiger partial charge in [0.1, 0.15) is 47.3 Å². The molecule has 3 aliphatic heterocycles. The first kappa shape index (κ1) is 57.0. The van der Waals surface area contributed by atoms with E-state index in [1.54, 1.807) is 74.2 Å². The van der Waals surface area contributed by atoms with E-state index in [0.29, 0.717) is 37.7 Å². The Hall–Kier alpha value is -3.18. The summed E-state index contributed by atoms with van der Waals surface area (Å²) >= 11 is 0. The minimum absolute atomic E-state index is 0.0533. The fourth-order valence-electron chi connectivity index (χ4n) is 13.9. The van der Waals surface area contributed by atoms with E-state index in [2.05, 4.69) is 0 Å². The van der Waals surface area contributed by atoms with Crippen LogP contribution in [0.4, 0.5) is 0 Å². The Balaban J connectivity index is 0.967. The number of hydrogen-bond donors (Lipinski definition) is 5. The molecule has 3 saturated heterocycles. The standard InChI is InChI=1S/C56H82O18/c1-12-31(2)50(59)70-35(6)54(61)24-25-56(63)52(54,8)42(72-43(57)19-18-36-16-14-13-15-17-36)29-41-51(7)21-20-37(30-53(51,60)22-23-55(41,56)62)71-44-27-39(65-10)48(33(4)68-44)74-46-28-40(66-11)49(34(5)69-46)73-45-26-38(64-9)47(58)32(3)67-45/h12-19,22-23,32-35,37-42,44-49,58,60-63H,20-21,24-30H2,1-11H3/b19-18+,31-12+/t32-,33-,34-,35+,37+,38-,39+,40+,41-,42-,44+,45+,46+,47-,48-,49-,51-,52-,53-,54+,55+,56-/m1/s1. The van der Waals surface area contributed by atoms with E-state index >= 15 is 0 Å². The zero-order chi connectivity index (χ0) is 53.8. The highest BCUT2D eigenvalue weighted by Gasteiger charge is 2.82. The molecule has 18 heteroatoms. The molecule has 0 spiro atoms. The summed E-state index contributed by atoms with van der Waals surface area (Å²) in [5.41, 5.74) is -9.54. The van der Waals surface area contributed by atoms with Gasteiger partial charge in [0.15, 0.2) is 18.9 Å². The van der Waals surface area contributed by atoms with Crippen LogP contribution in [0, 0.1) is 16.7 Å². The normalized spacial score (nSPS) is 46.8. The van der Waals surface area contributed by atoms with Crippen molar-refractivity contribution < 1.29 is 87.2 Å². The van der Waals surface area contributed by atoms with Crippen LogP contribution in [-0.4, -0.2) is 173 Å². The molecule has 74 heavy (non-hydrogen) atoms. The Labute approximate surface area is 435 Å². The number of fused-ring (bicyclic) bond motifs is 5. The predicted molar refractivity (Wildman–Crippen MR) is 267 cm³/mol. The topological polar surface area (TPSA) is 237 Å². The van der Waals surface area contributed by atoms with E-state index in [0.717, 1.165) is 5.56 Å². The minimum Gasteiger partial charge on any atom is -0.458 e. The predicted octanol–water partition coefficient (Wildman–Crippen LogP) is 4.98. The number of carbonyl (C=O) groups excluding carboxylic acids is 2. The maximum absolute atomic E-state index is 13.9. The number of allylic oxidation sites excluding steroid dienone is 1. The zero-order valence-corrected chi connectivity index (χ0v) is 44.9. The molecular weight excluding hydrogens is 961 g/mol. The number of hydrogen-bond acceptors (Lipinski definition) is 18. The molecule has 1 aromatic rings. The number of methoxy groups -OCH3 is 3. The summed E-state index contributed by atoms with van der Waals surface area (Å²) < 4.78 is 68.1. The lowest BCUT2D eigenvalue weighted by molar-refractivity contribution is -0.342. The Bertz CT molecular complexity index is 2230. The third-order valence-corrected chi connectivity index (χ3v) is 18.8. The molecule has 3 heterocycles. The van der Waals surface area contributed by atoms with Crippen molar-refractivity contribution in [3.8, 4) is 0 Å². The second kappa shape index (κ2) is 21.9. The number of aliphatic hydroxyl groups is 5. The van der Waals surface area contributed by atoms with Gasteiger partial charge in [0.05, 0.1) is 53.7 Å². The van der Waals surface area contributed by atoms with Crippen molar-refractivity contribution in [2.24, 2.45) is 16.7 Å². The Morgan fingerprint density at radius 3 is 1.91 bits per heavy atom. The van der Waals surface area contributed by atoms with Crippen molar-refractivity contribution in [3.05, 3.63) is 65.8 Å². The lowest BCUT2D eigenvalue weighted by Crippen LogP contribution is -2.80. The molecule has 8 rings (SSSR count). The van der Waals surface area contributed by atoms with E-state index in [-0.39, 0.29) is 25.7 Å². The van der Waals surface area contributed by atoms with Crippen molar-refractivity contribution in [2.75, 3.05) is 21.3 Å². The fourth-order valence-corrected chi connectivity index (χ4v) is 13.9. The molecule has 414 valence electrons. The van der Waals surface area contributed by atoms with Gasteiger partial charge < -0.3 is 77.6 Å². The molecule has 1 aromatic carbocycles. The number of ether oxygens (including phenoxy) is 11. The average molecular weight is 1040 g/mol. The van der Waals surface area contributed by atoms with Gasteiger partial charge in [-0.15, -0.1) is 0 Å². The van der Waals surface area contributed by atoms with Crippen LogP contribution in [0.1, 0.15) is 119 Å². The first-order chi connectivity index (χ1) is 34.9. The SMILES string of the molecule is C/C=C(\C)C(=O)O[C@@H](C)[C@@]1(O)CC[C@@]2(O)[C@]1(C)[C@H](OC(=O)/C=C/c1ccccc1)C[C@H]1[C@@]2(O)C=C[C@@]2(O)C[C@@H](O[C@H]3C[C@H](OC)[C@H](O[C@H]4C[C@H](OC)[C@H](O[C@H]5C[C@@H](OC)[C@H](O)[C@@H](C)O5)[C@@H](C)O4)[C@@H](C)O3)CC[C@]12C. The van der Waals surface area contributed by atoms with Gasteiger partial charge in [-0.1, -0.05) is 62.4 Å². The van der Waals surface area contributed by atoms with E-state index in [4.69, 9.17) is 52.1 Å². The van der Waals surface area contributed by atoms with Gasteiger partial charge >= 0.3 is 11.9 Å². The summed E-state index contributed by atoms with van der Waals surface area (Å²) in [5, 5.41) is 62.7. The van der Waals surface area contributed by atoms with Gasteiger partial charge in [-0.3, -0.25) is 0 Å². The second-order valence-electron chi connectivity index (χ2n) is 22.5. The summed E-state index contributed by atoms with van der Waals surface area (Å²) in [4.78, 5) is 27.0. The smallest absolute Gasteiger partial charge is 0.333 e. The van der Waals surface area contributed by atoms with Crippen LogP contribution in [0.25, 0.3) is 6.08 Å². The van der Waals surface area contributed by atoms with Crippen LogP contribution >= 0.6 is 0 Å². The second-order valence-corrected chi connectivity index (χ2v) is 22.5. The number of benzene rings is 1. The fraction of sp³-hybridized carbons (Fsp3) is 0.750. The summed E-state index contributed by atoms with van der Waals surface area (Å²) in [6.07, 6.45) is -0.380. The number of rotatable bonds is 15. The van der Waals surface area contributed by atoms with Gasteiger partial charge in [-0.2, -0.15) is 0 Å². The van der Waals surface area contributed by atoms with Crippen molar-refractivity contribution in [1.82, 2.24) is 0 Å². The lowest BCUT2D eigenvalue weighted by atomic mass is 9.41. The van der Waals surface area contributed by atoms with Crippen LogP contribution in [0.2, 0.25) is 0 Å². The van der Waals surface area contributed by atoms with Crippen molar-refractivity contribution in [3.63, 3.8) is 0 Å². The average Bonchev–Trinajstić information content (AvgIpc) is 3.61. The molecule has 0 radical (unpaired) electrons. The maximum Gasteiger partial charge on any atom is 0.333 e. The number of carbonyl (C=O) groups is 2. The molecule has 18 nitrogen and oxygen atoms in total. The van der Waals surface area contributed by atoms with Gasteiger partial charge in [-0.05, 0) is 85.3 Å². The maximum atomic E-state index is 13.9. The largest absolute Gasteiger partial charge is 0.458 e. The third kappa shape index (κ3) is 9.90.